The van der Waals surface area contributed by atoms with Crippen molar-refractivity contribution in [3.05, 3.63) is 40.5 Å². The van der Waals surface area contributed by atoms with Crippen molar-refractivity contribution in [3.8, 4) is 6.07 Å². The lowest BCUT2D eigenvalue weighted by Crippen LogP contribution is -2.49. The molecule has 0 atom stereocenters. The van der Waals surface area contributed by atoms with E-state index in [2.05, 4.69) is 4.90 Å². The Morgan fingerprint density at radius 1 is 1.05 bits per heavy atom. The van der Waals surface area contributed by atoms with Crippen LogP contribution in [-0.4, -0.2) is 60.2 Å². The van der Waals surface area contributed by atoms with Gasteiger partial charge in [0, 0.05) is 43.7 Å². The van der Waals surface area contributed by atoms with E-state index in [-0.39, 0.29) is 17.2 Å². The molecule has 7 nitrogen and oxygen atoms in total. The van der Waals surface area contributed by atoms with Crippen molar-refractivity contribution in [1.82, 2.24) is 9.80 Å². The van der Waals surface area contributed by atoms with Gasteiger partial charge in [0.2, 0.25) is 5.91 Å². The van der Waals surface area contributed by atoms with Crippen LogP contribution in [0.3, 0.4) is 0 Å². The van der Waals surface area contributed by atoms with Crippen molar-refractivity contribution >= 4 is 23.4 Å². The summed E-state index contributed by atoms with van der Waals surface area (Å²) in [5.41, 5.74) is -1.38. The van der Waals surface area contributed by atoms with E-state index < -0.39 is 29.1 Å². The van der Waals surface area contributed by atoms with Crippen LogP contribution in [0.15, 0.2) is 29.3 Å². The van der Waals surface area contributed by atoms with Crippen molar-refractivity contribution in [3.63, 3.8) is 0 Å². The summed E-state index contributed by atoms with van der Waals surface area (Å²) in [6.07, 6.45) is 2.47. The van der Waals surface area contributed by atoms with Gasteiger partial charge in [-0.1, -0.05) is 12.8 Å². The number of hydrogen-bond acceptors (Lipinski definition) is 5. The number of halogens is 3. The van der Waals surface area contributed by atoms with E-state index in [0.717, 1.165) is 63.0 Å². The summed E-state index contributed by atoms with van der Waals surface area (Å²) < 4.78 is 40.1. The summed E-state index contributed by atoms with van der Waals surface area (Å²) in [6, 6.07) is 4.36. The van der Waals surface area contributed by atoms with E-state index in [4.69, 9.17) is 5.26 Å². The van der Waals surface area contributed by atoms with Crippen molar-refractivity contribution < 1.29 is 27.6 Å². The molecule has 0 unspecified atom stereocenters. The number of piperazine rings is 1. The molecule has 10 heteroatoms. The first-order valence-corrected chi connectivity index (χ1v) is 13.3. The van der Waals surface area contributed by atoms with Crippen molar-refractivity contribution in [2.24, 2.45) is 5.92 Å². The predicted molar refractivity (Wildman–Crippen MR) is 135 cm³/mol. The number of carbonyl (C=O) groups is 3. The zero-order valence-corrected chi connectivity index (χ0v) is 21.6. The fourth-order valence-electron chi connectivity index (χ4n) is 5.67. The van der Waals surface area contributed by atoms with Crippen molar-refractivity contribution in [2.75, 3.05) is 37.6 Å². The minimum absolute atomic E-state index is 0.193. The molecule has 0 spiro atoms. The summed E-state index contributed by atoms with van der Waals surface area (Å²) in [4.78, 5) is 43.4. The van der Waals surface area contributed by atoms with Gasteiger partial charge in [-0.3, -0.25) is 19.3 Å². The molecule has 1 aromatic carbocycles. The zero-order chi connectivity index (χ0) is 27.4. The Labute approximate surface area is 220 Å². The lowest BCUT2D eigenvalue weighted by atomic mass is 10.0. The van der Waals surface area contributed by atoms with Crippen LogP contribution in [0.4, 0.5) is 18.9 Å². The van der Waals surface area contributed by atoms with E-state index in [1.165, 1.54) is 31.9 Å². The molecule has 38 heavy (non-hydrogen) atoms. The van der Waals surface area contributed by atoms with E-state index in [1.807, 2.05) is 4.90 Å². The molecule has 204 valence electrons. The summed E-state index contributed by atoms with van der Waals surface area (Å²) in [7, 11) is 0. The van der Waals surface area contributed by atoms with Gasteiger partial charge >= 0.3 is 6.18 Å². The molecule has 2 heterocycles. The average Bonchev–Trinajstić information content (AvgIpc) is 3.47. The van der Waals surface area contributed by atoms with Gasteiger partial charge in [0.05, 0.1) is 22.9 Å². The van der Waals surface area contributed by atoms with E-state index >= 15 is 0 Å². The van der Waals surface area contributed by atoms with Gasteiger partial charge in [-0.25, -0.2) is 4.90 Å². The Morgan fingerprint density at radius 3 is 2.37 bits per heavy atom. The van der Waals surface area contributed by atoms with Crippen LogP contribution >= 0.6 is 0 Å². The number of alkyl halides is 3. The maximum atomic E-state index is 13.4. The number of benzene rings is 1. The smallest absolute Gasteiger partial charge is 0.340 e. The second-order valence-electron chi connectivity index (χ2n) is 10.4. The maximum absolute atomic E-state index is 13.4. The van der Waals surface area contributed by atoms with E-state index in [9.17, 15) is 27.6 Å². The molecule has 0 bridgehead atoms. The second-order valence-corrected chi connectivity index (χ2v) is 10.4. The first-order chi connectivity index (χ1) is 18.1. The monoisotopic (exact) mass is 530 g/mol. The number of nitrogens with zero attached hydrogens (tertiary/aromatic N) is 4. The molecule has 0 aromatic heterocycles. The molecule has 2 aliphatic heterocycles. The van der Waals surface area contributed by atoms with Gasteiger partial charge < -0.3 is 4.90 Å². The Hall–Kier alpha value is -3.19. The minimum Gasteiger partial charge on any atom is -0.340 e. The summed E-state index contributed by atoms with van der Waals surface area (Å²) >= 11 is 0. The third kappa shape index (κ3) is 6.09. The van der Waals surface area contributed by atoms with Crippen LogP contribution in [0.2, 0.25) is 0 Å². The van der Waals surface area contributed by atoms with Gasteiger partial charge in [-0.2, -0.15) is 18.4 Å². The maximum Gasteiger partial charge on any atom is 0.417 e. The van der Waals surface area contributed by atoms with Gasteiger partial charge in [0.15, 0.2) is 0 Å². The minimum atomic E-state index is -4.78. The number of hydrogen-bond donors (Lipinski definition) is 0. The Morgan fingerprint density at radius 2 is 1.74 bits per heavy atom. The number of amides is 3. The highest BCUT2D eigenvalue weighted by atomic mass is 19.4. The third-order valence-corrected chi connectivity index (χ3v) is 7.94. The number of unbranched alkanes of at least 4 members (excludes halogenated alkanes) is 1. The van der Waals surface area contributed by atoms with Crippen LogP contribution in [0.5, 0.6) is 0 Å². The predicted octanol–water partition coefficient (Wildman–Crippen LogP) is 4.66. The van der Waals surface area contributed by atoms with Crippen LogP contribution in [0, 0.1) is 17.2 Å². The molecule has 0 N–H and O–H groups in total. The number of nitriles is 1. The lowest BCUT2D eigenvalue weighted by molar-refractivity contribution is -0.138. The fourth-order valence-corrected chi connectivity index (χ4v) is 5.67. The van der Waals surface area contributed by atoms with E-state index in [1.54, 1.807) is 0 Å². The Kier molecular flexibility index (Phi) is 8.56. The van der Waals surface area contributed by atoms with E-state index in [0.29, 0.717) is 36.8 Å². The lowest BCUT2D eigenvalue weighted by Gasteiger charge is -2.35. The summed E-state index contributed by atoms with van der Waals surface area (Å²) in [5.74, 6) is -0.443. The molecule has 0 radical (unpaired) electrons. The first kappa shape index (κ1) is 27.8. The summed E-state index contributed by atoms with van der Waals surface area (Å²) in [5, 5.41) is 9.00. The molecule has 3 aliphatic rings. The third-order valence-electron chi connectivity index (χ3n) is 7.94. The normalized spacial score (nSPS) is 19.6. The molecular weight excluding hydrogens is 497 g/mol. The van der Waals surface area contributed by atoms with Gasteiger partial charge in [-0.05, 0) is 69.7 Å². The topological polar surface area (TPSA) is 84.7 Å². The first-order valence-electron chi connectivity index (χ1n) is 13.3. The molecule has 1 saturated heterocycles. The van der Waals surface area contributed by atoms with Crippen LogP contribution in [-0.2, 0) is 20.6 Å². The van der Waals surface area contributed by atoms with Crippen LogP contribution in [0.25, 0.3) is 0 Å². The van der Waals surface area contributed by atoms with Gasteiger partial charge in [0.1, 0.15) is 0 Å². The standard InChI is InChI=1S/C28H33F3N4O3/c1-19-23(27(38)35(26(19)37)22-10-9-21(18-32)24(17-22)28(29,30)31)8-4-5-11-33-12-14-34(15-13-33)25(36)16-20-6-2-3-7-20/h9-10,17,20H,2-8,11-16H2,1H3. The number of carbonyl (C=O) groups excluding carboxylic acids is 3. The second kappa shape index (κ2) is 11.7. The van der Waals surface area contributed by atoms with Crippen molar-refractivity contribution in [1.29, 1.82) is 5.26 Å². The fraction of sp³-hybridized carbons (Fsp3) is 0.571. The number of imide groups is 1. The van der Waals surface area contributed by atoms with Gasteiger partial charge in [-0.15, -0.1) is 0 Å². The largest absolute Gasteiger partial charge is 0.417 e. The molecule has 1 saturated carbocycles. The van der Waals surface area contributed by atoms with Crippen LogP contribution < -0.4 is 4.90 Å². The van der Waals surface area contributed by atoms with Crippen molar-refractivity contribution in [2.45, 2.75) is 64.5 Å². The number of anilines is 1. The average molecular weight is 531 g/mol. The van der Waals surface area contributed by atoms with Crippen LogP contribution in [0.1, 0.15) is 69.4 Å². The quantitative estimate of drug-likeness (QED) is 0.361. The number of rotatable bonds is 8. The Balaban J connectivity index is 1.26. The highest BCUT2D eigenvalue weighted by molar-refractivity contribution is 6.32. The molecule has 1 aromatic rings. The molecular formula is C28H33F3N4O3. The molecule has 4 rings (SSSR count). The van der Waals surface area contributed by atoms with Gasteiger partial charge in [0.25, 0.3) is 11.8 Å². The Bertz CT molecular complexity index is 1160. The molecule has 3 amide bonds. The zero-order valence-electron chi connectivity index (χ0n) is 21.6. The highest BCUT2D eigenvalue weighted by Gasteiger charge is 2.39. The molecule has 2 fully saturated rings. The summed E-state index contributed by atoms with van der Waals surface area (Å²) in [6.45, 7) is 5.40. The highest BCUT2D eigenvalue weighted by Crippen LogP contribution is 2.37. The SMILES string of the molecule is CC1=C(CCCCN2CCN(C(=O)CC3CCCC3)CC2)C(=O)N(c2ccc(C#N)c(C(F)(F)F)c2)C1=O. The molecule has 1 aliphatic carbocycles.